The Balaban J connectivity index is 2.08. The summed E-state index contributed by atoms with van der Waals surface area (Å²) in [5.41, 5.74) is 0.636. The SMILES string of the molecule is C#Cc1cccc(NC(=O)Cc2cccc(C(F)(F)F)c2)c1. The average molecular weight is 303 g/mol. The summed E-state index contributed by atoms with van der Waals surface area (Å²) < 4.78 is 37.8. The summed E-state index contributed by atoms with van der Waals surface area (Å²) in [6.45, 7) is 0. The molecule has 0 fully saturated rings. The van der Waals surface area contributed by atoms with Crippen LogP contribution in [0.4, 0.5) is 18.9 Å². The molecule has 1 N–H and O–H groups in total. The Morgan fingerprint density at radius 3 is 2.55 bits per heavy atom. The lowest BCUT2D eigenvalue weighted by Crippen LogP contribution is -2.15. The third-order valence-electron chi connectivity index (χ3n) is 2.93. The number of anilines is 1. The van der Waals surface area contributed by atoms with Crippen LogP contribution in [0.1, 0.15) is 16.7 Å². The van der Waals surface area contributed by atoms with Crippen molar-refractivity contribution >= 4 is 11.6 Å². The number of rotatable bonds is 3. The Labute approximate surface area is 126 Å². The maximum absolute atomic E-state index is 12.6. The van der Waals surface area contributed by atoms with E-state index in [9.17, 15) is 18.0 Å². The number of hydrogen-bond donors (Lipinski definition) is 1. The van der Waals surface area contributed by atoms with Crippen molar-refractivity contribution in [2.75, 3.05) is 5.32 Å². The maximum atomic E-state index is 12.6. The number of terminal acetylenes is 1. The van der Waals surface area contributed by atoms with Crippen LogP contribution in [0.2, 0.25) is 0 Å². The molecule has 0 unspecified atom stereocenters. The Morgan fingerprint density at radius 1 is 1.14 bits per heavy atom. The normalized spacial score (nSPS) is 10.8. The van der Waals surface area contributed by atoms with E-state index in [1.807, 2.05) is 0 Å². The first kappa shape index (κ1) is 15.6. The summed E-state index contributed by atoms with van der Waals surface area (Å²) in [5.74, 6) is 2.03. The van der Waals surface area contributed by atoms with Gasteiger partial charge in [-0.2, -0.15) is 13.2 Å². The number of nitrogens with one attached hydrogen (secondary N) is 1. The fourth-order valence-electron chi connectivity index (χ4n) is 1.93. The Kier molecular flexibility index (Phi) is 4.52. The van der Waals surface area contributed by atoms with E-state index in [-0.39, 0.29) is 6.42 Å². The van der Waals surface area contributed by atoms with Gasteiger partial charge in [-0.15, -0.1) is 6.42 Å². The van der Waals surface area contributed by atoms with Gasteiger partial charge < -0.3 is 5.32 Å². The van der Waals surface area contributed by atoms with Gasteiger partial charge in [0.15, 0.2) is 0 Å². The van der Waals surface area contributed by atoms with Crippen LogP contribution in [0, 0.1) is 12.3 Å². The van der Waals surface area contributed by atoms with E-state index in [0.29, 0.717) is 16.8 Å². The van der Waals surface area contributed by atoms with Crippen LogP contribution >= 0.6 is 0 Å². The lowest BCUT2D eigenvalue weighted by atomic mass is 10.1. The van der Waals surface area contributed by atoms with Crippen molar-refractivity contribution in [1.82, 2.24) is 0 Å². The zero-order chi connectivity index (χ0) is 16.2. The molecular formula is C17H12F3NO. The van der Waals surface area contributed by atoms with Crippen molar-refractivity contribution in [1.29, 1.82) is 0 Å². The summed E-state index contributed by atoms with van der Waals surface area (Å²) in [5, 5.41) is 2.61. The highest BCUT2D eigenvalue weighted by Gasteiger charge is 2.30. The summed E-state index contributed by atoms with van der Waals surface area (Å²) >= 11 is 0. The van der Waals surface area contributed by atoms with Gasteiger partial charge in [0.1, 0.15) is 0 Å². The predicted octanol–water partition coefficient (Wildman–Crippen LogP) is 3.87. The van der Waals surface area contributed by atoms with Crippen LogP contribution in [0.25, 0.3) is 0 Å². The van der Waals surface area contributed by atoms with E-state index < -0.39 is 17.6 Å². The molecule has 2 nitrogen and oxygen atoms in total. The second kappa shape index (κ2) is 6.35. The molecule has 0 aliphatic rings. The minimum Gasteiger partial charge on any atom is -0.326 e. The average Bonchev–Trinajstić information content (AvgIpc) is 2.46. The van der Waals surface area contributed by atoms with Gasteiger partial charge in [-0.3, -0.25) is 4.79 Å². The molecule has 5 heteroatoms. The Hall–Kier alpha value is -2.74. The van der Waals surface area contributed by atoms with E-state index >= 15 is 0 Å². The molecule has 0 aliphatic carbocycles. The van der Waals surface area contributed by atoms with Crippen molar-refractivity contribution in [3.8, 4) is 12.3 Å². The molecule has 1 amide bonds. The molecule has 0 aliphatic heterocycles. The minimum absolute atomic E-state index is 0.149. The van der Waals surface area contributed by atoms with E-state index in [1.54, 1.807) is 24.3 Å². The lowest BCUT2D eigenvalue weighted by Gasteiger charge is -2.09. The molecule has 22 heavy (non-hydrogen) atoms. The Bertz CT molecular complexity index is 729. The van der Waals surface area contributed by atoms with Crippen LogP contribution in [0.15, 0.2) is 48.5 Å². The topological polar surface area (TPSA) is 29.1 Å². The fraction of sp³-hybridized carbons (Fsp3) is 0.118. The molecule has 0 radical (unpaired) electrons. The van der Waals surface area contributed by atoms with Crippen LogP contribution in [-0.2, 0) is 17.4 Å². The van der Waals surface area contributed by atoms with Crippen LogP contribution in [0.5, 0.6) is 0 Å². The fourth-order valence-corrected chi connectivity index (χ4v) is 1.93. The van der Waals surface area contributed by atoms with Gasteiger partial charge in [0.05, 0.1) is 12.0 Å². The largest absolute Gasteiger partial charge is 0.416 e. The minimum atomic E-state index is -4.42. The van der Waals surface area contributed by atoms with Crippen molar-refractivity contribution in [3.63, 3.8) is 0 Å². The molecular weight excluding hydrogens is 291 g/mol. The van der Waals surface area contributed by atoms with Gasteiger partial charge in [-0.1, -0.05) is 30.2 Å². The van der Waals surface area contributed by atoms with Crippen molar-refractivity contribution in [3.05, 3.63) is 65.2 Å². The number of hydrogen-bond acceptors (Lipinski definition) is 1. The molecule has 0 bridgehead atoms. The standard InChI is InChI=1S/C17H12F3NO/c1-2-12-5-4-8-15(10-12)21-16(22)11-13-6-3-7-14(9-13)17(18,19)20/h1,3-10H,11H2,(H,21,22). The number of alkyl halides is 3. The monoisotopic (exact) mass is 303 g/mol. The van der Waals surface area contributed by atoms with E-state index in [1.165, 1.54) is 12.1 Å². The Morgan fingerprint density at radius 2 is 1.86 bits per heavy atom. The molecule has 2 aromatic rings. The van der Waals surface area contributed by atoms with Gasteiger partial charge in [0, 0.05) is 11.3 Å². The van der Waals surface area contributed by atoms with Crippen LogP contribution in [0.3, 0.4) is 0 Å². The second-order valence-corrected chi connectivity index (χ2v) is 4.65. The van der Waals surface area contributed by atoms with Gasteiger partial charge in [0.25, 0.3) is 0 Å². The van der Waals surface area contributed by atoms with Crippen LogP contribution < -0.4 is 5.32 Å². The second-order valence-electron chi connectivity index (χ2n) is 4.65. The first-order valence-corrected chi connectivity index (χ1v) is 6.41. The molecule has 0 saturated heterocycles. The number of halogens is 3. The summed E-state index contributed by atoms with van der Waals surface area (Å²) in [7, 11) is 0. The van der Waals surface area contributed by atoms with Gasteiger partial charge in [-0.25, -0.2) is 0 Å². The highest BCUT2D eigenvalue weighted by atomic mass is 19.4. The maximum Gasteiger partial charge on any atom is 0.416 e. The highest BCUT2D eigenvalue weighted by molar-refractivity contribution is 5.92. The first-order chi connectivity index (χ1) is 10.4. The molecule has 0 aromatic heterocycles. The number of benzene rings is 2. The predicted molar refractivity (Wildman–Crippen MR) is 78.2 cm³/mol. The molecule has 0 heterocycles. The molecule has 0 spiro atoms. The van der Waals surface area contributed by atoms with Gasteiger partial charge >= 0.3 is 6.18 Å². The van der Waals surface area contributed by atoms with Crippen molar-refractivity contribution in [2.24, 2.45) is 0 Å². The van der Waals surface area contributed by atoms with Crippen molar-refractivity contribution < 1.29 is 18.0 Å². The van der Waals surface area contributed by atoms with E-state index in [4.69, 9.17) is 6.42 Å². The molecule has 0 atom stereocenters. The summed E-state index contributed by atoms with van der Waals surface area (Å²) in [4.78, 5) is 11.9. The van der Waals surface area contributed by atoms with Gasteiger partial charge in [-0.05, 0) is 29.8 Å². The first-order valence-electron chi connectivity index (χ1n) is 6.41. The van der Waals surface area contributed by atoms with Crippen LogP contribution in [-0.4, -0.2) is 5.91 Å². The van der Waals surface area contributed by atoms with Crippen molar-refractivity contribution in [2.45, 2.75) is 12.6 Å². The quantitative estimate of drug-likeness (QED) is 0.857. The molecule has 0 saturated carbocycles. The highest BCUT2D eigenvalue weighted by Crippen LogP contribution is 2.29. The molecule has 2 aromatic carbocycles. The molecule has 112 valence electrons. The molecule has 2 rings (SSSR count). The zero-order valence-corrected chi connectivity index (χ0v) is 11.4. The third-order valence-corrected chi connectivity index (χ3v) is 2.93. The van der Waals surface area contributed by atoms with E-state index in [0.717, 1.165) is 12.1 Å². The lowest BCUT2D eigenvalue weighted by molar-refractivity contribution is -0.137. The number of carbonyl (C=O) groups is 1. The van der Waals surface area contributed by atoms with E-state index in [2.05, 4.69) is 11.2 Å². The number of amides is 1. The number of carbonyl (C=O) groups excluding carboxylic acids is 1. The zero-order valence-electron chi connectivity index (χ0n) is 11.4. The third kappa shape index (κ3) is 4.13. The smallest absolute Gasteiger partial charge is 0.326 e. The summed E-state index contributed by atoms with van der Waals surface area (Å²) in [6, 6.07) is 11.4. The van der Waals surface area contributed by atoms with Gasteiger partial charge in [0.2, 0.25) is 5.91 Å². The summed E-state index contributed by atoms with van der Waals surface area (Å²) in [6.07, 6.45) is 0.690.